The molecule has 0 fully saturated rings. The van der Waals surface area contributed by atoms with Gasteiger partial charge in [0.1, 0.15) is 6.10 Å². The molecule has 1 amide bonds. The predicted molar refractivity (Wildman–Crippen MR) is 250 cm³/mol. The fourth-order valence-corrected chi connectivity index (χ4v) is 7.42. The van der Waals surface area contributed by atoms with E-state index in [0.717, 1.165) is 83.5 Å². The average molecular weight is 814 g/mol. The van der Waals surface area contributed by atoms with Gasteiger partial charge in [-0.05, 0) is 70.6 Å². The van der Waals surface area contributed by atoms with E-state index in [1.165, 1.54) is 116 Å². The van der Waals surface area contributed by atoms with Crippen LogP contribution in [0.15, 0.2) is 48.6 Å². The van der Waals surface area contributed by atoms with Crippen LogP contribution in [0.25, 0.3) is 0 Å². The Bertz CT molecular complexity index is 1000. The lowest BCUT2D eigenvalue weighted by atomic mass is 10.0. The van der Waals surface area contributed by atoms with Crippen LogP contribution in [0.4, 0.5) is 0 Å². The number of unbranched alkanes of at least 4 members (excludes halogenated alkanes) is 26. The second kappa shape index (κ2) is 45.9. The minimum atomic E-state index is -0.790. The topological polar surface area (TPSA) is 95.9 Å². The lowest BCUT2D eigenvalue weighted by Crippen LogP contribution is -2.46. The molecule has 0 saturated heterocycles. The molecule has 3 N–H and O–H groups in total. The van der Waals surface area contributed by atoms with Gasteiger partial charge in [0.05, 0.1) is 25.2 Å². The molecular formula is C52H95NO5. The van der Waals surface area contributed by atoms with Gasteiger partial charge < -0.3 is 20.3 Å². The number of ether oxygens (including phenoxy) is 1. The highest BCUT2D eigenvalue weighted by Gasteiger charge is 2.24. The first-order valence-corrected chi connectivity index (χ1v) is 24.9. The molecule has 0 aliphatic rings. The maximum absolute atomic E-state index is 13.2. The molecule has 338 valence electrons. The van der Waals surface area contributed by atoms with E-state index in [1.54, 1.807) is 0 Å². The zero-order valence-electron chi connectivity index (χ0n) is 38.4. The molecule has 0 aromatic carbocycles. The number of carbonyl (C=O) groups is 2. The summed E-state index contributed by atoms with van der Waals surface area (Å²) in [5.41, 5.74) is 0. The van der Waals surface area contributed by atoms with Crippen LogP contribution >= 0.6 is 0 Å². The molecule has 0 saturated carbocycles. The van der Waals surface area contributed by atoms with Crippen molar-refractivity contribution in [2.24, 2.45) is 0 Å². The van der Waals surface area contributed by atoms with Gasteiger partial charge in [0.2, 0.25) is 5.91 Å². The van der Waals surface area contributed by atoms with Crippen LogP contribution in [-0.2, 0) is 14.3 Å². The minimum Gasteiger partial charge on any atom is -0.462 e. The molecule has 0 rings (SSSR count). The van der Waals surface area contributed by atoms with E-state index in [0.29, 0.717) is 19.3 Å². The van der Waals surface area contributed by atoms with Crippen molar-refractivity contribution in [2.45, 2.75) is 264 Å². The van der Waals surface area contributed by atoms with Crippen LogP contribution in [-0.4, -0.2) is 46.9 Å². The molecule has 58 heavy (non-hydrogen) atoms. The second-order valence-electron chi connectivity index (χ2n) is 16.9. The second-order valence-corrected chi connectivity index (χ2v) is 16.9. The van der Waals surface area contributed by atoms with Crippen molar-refractivity contribution < 1.29 is 24.5 Å². The standard InChI is InChI=1S/C52H95NO5/c1-4-7-10-13-16-19-21-23-24-25-26-28-29-32-34-37-40-43-48(58-52(57)45-42-39-36-33-30-27-22-20-17-14-11-8-5-2)46-51(56)53-49(47-54)50(55)44-41-38-35-31-18-15-12-9-6-3/h8,11,14,17,20,22-24,48-50,54-55H,4-7,9-10,12-13,15-16,18-19,21,25-47H2,1-3H3,(H,53,56)/b11-8+,17-14+,22-20-,24-23+. The van der Waals surface area contributed by atoms with Gasteiger partial charge in [0, 0.05) is 6.42 Å². The molecule has 6 nitrogen and oxygen atoms in total. The number of amides is 1. The van der Waals surface area contributed by atoms with Gasteiger partial charge in [0.25, 0.3) is 0 Å². The highest BCUT2D eigenvalue weighted by Crippen LogP contribution is 2.18. The van der Waals surface area contributed by atoms with Crippen LogP contribution in [0.2, 0.25) is 0 Å². The molecule has 0 heterocycles. The van der Waals surface area contributed by atoms with Crippen LogP contribution < -0.4 is 5.32 Å². The third-order valence-electron chi connectivity index (χ3n) is 11.2. The van der Waals surface area contributed by atoms with E-state index < -0.39 is 18.2 Å². The smallest absolute Gasteiger partial charge is 0.306 e. The predicted octanol–water partition coefficient (Wildman–Crippen LogP) is 14.7. The number of carbonyl (C=O) groups excluding carboxylic acids is 2. The van der Waals surface area contributed by atoms with Crippen LogP contribution in [0.3, 0.4) is 0 Å². The van der Waals surface area contributed by atoms with Gasteiger partial charge in [0.15, 0.2) is 0 Å². The number of allylic oxidation sites excluding steroid dienone is 8. The fraction of sp³-hybridized carbons (Fsp3) is 0.808. The lowest BCUT2D eigenvalue weighted by molar-refractivity contribution is -0.151. The molecule has 6 heteroatoms. The van der Waals surface area contributed by atoms with E-state index in [-0.39, 0.29) is 24.9 Å². The van der Waals surface area contributed by atoms with Gasteiger partial charge in [-0.3, -0.25) is 9.59 Å². The highest BCUT2D eigenvalue weighted by atomic mass is 16.5. The summed E-state index contributed by atoms with van der Waals surface area (Å²) in [7, 11) is 0. The average Bonchev–Trinajstić information content (AvgIpc) is 3.22. The van der Waals surface area contributed by atoms with E-state index in [4.69, 9.17) is 4.74 Å². The first-order valence-electron chi connectivity index (χ1n) is 24.9. The molecular weight excluding hydrogens is 719 g/mol. The van der Waals surface area contributed by atoms with Crippen molar-refractivity contribution in [3.8, 4) is 0 Å². The number of aliphatic hydroxyl groups is 2. The van der Waals surface area contributed by atoms with Gasteiger partial charge in [-0.15, -0.1) is 0 Å². The first kappa shape index (κ1) is 55.8. The summed E-state index contributed by atoms with van der Waals surface area (Å²) in [6, 6.07) is -0.705. The largest absolute Gasteiger partial charge is 0.462 e. The zero-order chi connectivity index (χ0) is 42.4. The van der Waals surface area contributed by atoms with E-state index in [9.17, 15) is 19.8 Å². The summed E-state index contributed by atoms with van der Waals surface area (Å²) in [5.74, 6) is -0.499. The summed E-state index contributed by atoms with van der Waals surface area (Å²) in [4.78, 5) is 26.1. The van der Waals surface area contributed by atoms with Crippen LogP contribution in [0, 0.1) is 0 Å². The molecule has 0 bridgehead atoms. The van der Waals surface area contributed by atoms with Gasteiger partial charge in [-0.2, -0.15) is 0 Å². The summed E-state index contributed by atoms with van der Waals surface area (Å²) >= 11 is 0. The van der Waals surface area contributed by atoms with Crippen molar-refractivity contribution in [3.63, 3.8) is 0 Å². The third-order valence-corrected chi connectivity index (χ3v) is 11.2. The summed E-state index contributed by atoms with van der Waals surface area (Å²) < 4.78 is 5.91. The number of hydrogen-bond acceptors (Lipinski definition) is 5. The number of nitrogens with one attached hydrogen (secondary N) is 1. The normalized spacial score (nSPS) is 13.7. The molecule has 0 aliphatic heterocycles. The van der Waals surface area contributed by atoms with Crippen molar-refractivity contribution >= 4 is 11.9 Å². The van der Waals surface area contributed by atoms with E-state index in [2.05, 4.69) is 74.7 Å². The number of aliphatic hydroxyl groups excluding tert-OH is 2. The number of esters is 1. The van der Waals surface area contributed by atoms with Crippen LogP contribution in [0.5, 0.6) is 0 Å². The quantitative estimate of drug-likeness (QED) is 0.0246. The maximum Gasteiger partial charge on any atom is 0.306 e. The van der Waals surface area contributed by atoms with Crippen molar-refractivity contribution in [1.82, 2.24) is 5.32 Å². The molecule has 3 atom stereocenters. The minimum absolute atomic E-state index is 0.0664. The zero-order valence-corrected chi connectivity index (χ0v) is 38.4. The van der Waals surface area contributed by atoms with Crippen molar-refractivity contribution in [1.29, 1.82) is 0 Å². The molecule has 0 aromatic heterocycles. The molecule has 0 radical (unpaired) electrons. The maximum atomic E-state index is 13.2. The SMILES string of the molecule is CC/C=C/C=C/C=C\CCCCCCCC(=O)OC(CCCCCCCCC/C=C/CCCCCCCC)CC(=O)NC(CO)C(O)CCCCCCCCCCC. The van der Waals surface area contributed by atoms with E-state index >= 15 is 0 Å². The summed E-state index contributed by atoms with van der Waals surface area (Å²) in [5, 5.41) is 23.7. The Labute approximate surface area is 359 Å². The Kier molecular flexibility index (Phi) is 44.2. The number of hydrogen-bond donors (Lipinski definition) is 3. The Balaban J connectivity index is 4.61. The lowest BCUT2D eigenvalue weighted by Gasteiger charge is -2.24. The Morgan fingerprint density at radius 1 is 0.517 bits per heavy atom. The summed E-state index contributed by atoms with van der Waals surface area (Å²) in [6.07, 6.45) is 54.6. The third kappa shape index (κ3) is 40.6. The van der Waals surface area contributed by atoms with Crippen molar-refractivity contribution in [2.75, 3.05) is 6.61 Å². The molecule has 0 aromatic rings. The number of rotatable bonds is 44. The molecule has 0 aliphatic carbocycles. The van der Waals surface area contributed by atoms with Gasteiger partial charge in [-0.25, -0.2) is 0 Å². The van der Waals surface area contributed by atoms with E-state index in [1.807, 2.05) is 0 Å². The Morgan fingerprint density at radius 3 is 1.45 bits per heavy atom. The highest BCUT2D eigenvalue weighted by molar-refractivity contribution is 5.77. The Morgan fingerprint density at radius 2 is 0.948 bits per heavy atom. The molecule has 0 spiro atoms. The van der Waals surface area contributed by atoms with Gasteiger partial charge >= 0.3 is 5.97 Å². The summed E-state index contributed by atoms with van der Waals surface area (Å²) in [6.45, 7) is 6.32. The molecule has 3 unspecified atom stereocenters. The van der Waals surface area contributed by atoms with Crippen molar-refractivity contribution in [3.05, 3.63) is 48.6 Å². The Hall–Kier alpha value is -2.18. The monoisotopic (exact) mass is 814 g/mol. The fourth-order valence-electron chi connectivity index (χ4n) is 7.42. The first-order chi connectivity index (χ1) is 28.5. The van der Waals surface area contributed by atoms with Gasteiger partial charge in [-0.1, -0.05) is 211 Å². The van der Waals surface area contributed by atoms with Crippen LogP contribution in [0.1, 0.15) is 245 Å².